The Bertz CT molecular complexity index is 1100. The lowest BCUT2D eigenvalue weighted by Gasteiger charge is -2.15. The molecule has 0 bridgehead atoms. The van der Waals surface area contributed by atoms with Crippen molar-refractivity contribution >= 4 is 17.4 Å². The van der Waals surface area contributed by atoms with Crippen molar-refractivity contribution < 1.29 is 14.3 Å². The van der Waals surface area contributed by atoms with E-state index in [0.29, 0.717) is 22.6 Å². The summed E-state index contributed by atoms with van der Waals surface area (Å²) >= 11 is 0. The summed E-state index contributed by atoms with van der Waals surface area (Å²) < 4.78 is 5.28. The van der Waals surface area contributed by atoms with Gasteiger partial charge in [-0.1, -0.05) is 30.3 Å². The van der Waals surface area contributed by atoms with E-state index < -0.39 is 0 Å². The average molecular weight is 388 g/mol. The zero-order chi connectivity index (χ0) is 21.1. The first-order chi connectivity index (χ1) is 13.8. The van der Waals surface area contributed by atoms with Crippen molar-refractivity contribution in [3.05, 3.63) is 76.5 Å². The molecule has 1 N–H and O–H groups in total. The van der Waals surface area contributed by atoms with Crippen LogP contribution < -0.4 is 10.1 Å². The maximum Gasteiger partial charge on any atom is 0.274 e. The number of amides is 1. The molecule has 0 fully saturated rings. The molecule has 148 valence electrons. The van der Waals surface area contributed by atoms with Crippen LogP contribution in [0.2, 0.25) is 0 Å². The molecule has 0 saturated carbocycles. The van der Waals surface area contributed by atoms with E-state index in [1.165, 1.54) is 6.92 Å². The van der Waals surface area contributed by atoms with Crippen LogP contribution in [0.3, 0.4) is 0 Å². The van der Waals surface area contributed by atoms with E-state index in [4.69, 9.17) is 4.74 Å². The molecule has 3 aromatic rings. The number of methoxy groups -OCH3 is 1. The predicted molar refractivity (Wildman–Crippen MR) is 115 cm³/mol. The summed E-state index contributed by atoms with van der Waals surface area (Å²) in [7, 11) is 1.61. The van der Waals surface area contributed by atoms with Gasteiger partial charge in [0.05, 0.1) is 12.8 Å². The minimum absolute atomic E-state index is 0.0349. The fourth-order valence-electron chi connectivity index (χ4n) is 3.30. The molecule has 0 unspecified atom stereocenters. The number of aromatic nitrogens is 1. The number of Topliss-reactive ketones (excluding diaryl/α,β-unsaturated/α-hetero) is 1. The molecule has 29 heavy (non-hydrogen) atoms. The maximum absolute atomic E-state index is 13.0. The molecule has 0 aliphatic heterocycles. The van der Waals surface area contributed by atoms with Gasteiger partial charge in [-0.15, -0.1) is 0 Å². The van der Waals surface area contributed by atoms with E-state index >= 15 is 0 Å². The van der Waals surface area contributed by atoms with Crippen molar-refractivity contribution in [3.8, 4) is 17.0 Å². The summed E-state index contributed by atoms with van der Waals surface area (Å²) in [6, 6.07) is 14.9. The standard InChI is InChI=1S/C24H24N2O3/c1-14-9-11-20(17(4)27)16(3)22(14)26-24(28)23-15(2)10-12-21(25-23)18-7-6-8-19(13-18)29-5/h6-13H,1-5H3,(H,26,28). The molecule has 1 amide bonds. The van der Waals surface area contributed by atoms with Crippen LogP contribution in [0.25, 0.3) is 11.3 Å². The van der Waals surface area contributed by atoms with Crippen molar-refractivity contribution in [3.63, 3.8) is 0 Å². The SMILES string of the molecule is COc1cccc(-c2ccc(C)c(C(=O)Nc3c(C)ccc(C(C)=O)c3C)n2)c1. The Kier molecular flexibility index (Phi) is 5.78. The van der Waals surface area contributed by atoms with Crippen molar-refractivity contribution in [2.75, 3.05) is 12.4 Å². The van der Waals surface area contributed by atoms with E-state index in [1.54, 1.807) is 13.2 Å². The first-order valence-corrected chi connectivity index (χ1v) is 9.36. The van der Waals surface area contributed by atoms with Gasteiger partial charge in [0.1, 0.15) is 11.4 Å². The highest BCUT2D eigenvalue weighted by molar-refractivity contribution is 6.06. The third-order valence-electron chi connectivity index (χ3n) is 4.97. The smallest absolute Gasteiger partial charge is 0.274 e. The van der Waals surface area contributed by atoms with Gasteiger partial charge in [-0.05, 0) is 62.6 Å². The van der Waals surface area contributed by atoms with Crippen LogP contribution >= 0.6 is 0 Å². The van der Waals surface area contributed by atoms with Gasteiger partial charge in [-0.25, -0.2) is 4.98 Å². The van der Waals surface area contributed by atoms with Gasteiger partial charge in [-0.2, -0.15) is 0 Å². The number of ether oxygens (including phenoxy) is 1. The number of pyridine rings is 1. The summed E-state index contributed by atoms with van der Waals surface area (Å²) in [5.74, 6) is 0.384. The minimum atomic E-state index is -0.306. The van der Waals surface area contributed by atoms with Gasteiger partial charge in [-0.3, -0.25) is 9.59 Å². The number of carbonyl (C=O) groups is 2. The van der Waals surface area contributed by atoms with Gasteiger partial charge in [0, 0.05) is 16.8 Å². The summed E-state index contributed by atoms with van der Waals surface area (Å²) in [5, 5.41) is 2.95. The lowest BCUT2D eigenvalue weighted by atomic mass is 10.00. The van der Waals surface area contributed by atoms with E-state index in [9.17, 15) is 9.59 Å². The molecule has 0 radical (unpaired) electrons. The van der Waals surface area contributed by atoms with Crippen molar-refractivity contribution in [2.45, 2.75) is 27.7 Å². The summed E-state index contributed by atoms with van der Waals surface area (Å²) in [5.41, 5.74) is 5.56. The lowest BCUT2D eigenvalue weighted by molar-refractivity contribution is 0.100. The molecule has 0 atom stereocenters. The molecule has 2 aromatic carbocycles. The number of carbonyl (C=O) groups excluding carboxylic acids is 2. The van der Waals surface area contributed by atoms with Crippen LogP contribution in [-0.2, 0) is 0 Å². The first-order valence-electron chi connectivity index (χ1n) is 9.36. The fourth-order valence-corrected chi connectivity index (χ4v) is 3.30. The van der Waals surface area contributed by atoms with Gasteiger partial charge in [0.2, 0.25) is 0 Å². The van der Waals surface area contributed by atoms with Gasteiger partial charge in [0.15, 0.2) is 5.78 Å². The monoisotopic (exact) mass is 388 g/mol. The number of anilines is 1. The van der Waals surface area contributed by atoms with Crippen LogP contribution in [0, 0.1) is 20.8 Å². The van der Waals surface area contributed by atoms with Crippen molar-refractivity contribution in [1.29, 1.82) is 0 Å². The molecule has 3 rings (SSSR count). The predicted octanol–water partition coefficient (Wildman–Crippen LogP) is 5.14. The first kappa shape index (κ1) is 20.3. The molecule has 0 spiro atoms. The largest absolute Gasteiger partial charge is 0.497 e. The summed E-state index contributed by atoms with van der Waals surface area (Å²) in [4.78, 5) is 29.5. The molecule has 0 aliphatic carbocycles. The highest BCUT2D eigenvalue weighted by Gasteiger charge is 2.17. The van der Waals surface area contributed by atoms with Crippen LogP contribution in [0.4, 0.5) is 5.69 Å². The normalized spacial score (nSPS) is 10.5. The van der Waals surface area contributed by atoms with Crippen molar-refractivity contribution in [2.24, 2.45) is 0 Å². The van der Waals surface area contributed by atoms with E-state index in [0.717, 1.165) is 28.0 Å². The number of hydrogen-bond acceptors (Lipinski definition) is 4. The maximum atomic E-state index is 13.0. The molecular weight excluding hydrogens is 364 g/mol. The third kappa shape index (κ3) is 4.19. The molecule has 1 heterocycles. The van der Waals surface area contributed by atoms with E-state index in [-0.39, 0.29) is 11.7 Å². The minimum Gasteiger partial charge on any atom is -0.497 e. The third-order valence-corrected chi connectivity index (χ3v) is 4.97. The van der Waals surface area contributed by atoms with Crippen LogP contribution in [-0.4, -0.2) is 23.8 Å². The number of nitrogens with one attached hydrogen (secondary N) is 1. The van der Waals surface area contributed by atoms with Gasteiger partial charge >= 0.3 is 0 Å². The van der Waals surface area contributed by atoms with Crippen LogP contribution in [0.1, 0.15) is 44.5 Å². The molecule has 0 saturated heterocycles. The Morgan fingerprint density at radius 3 is 2.38 bits per heavy atom. The number of rotatable bonds is 5. The Morgan fingerprint density at radius 1 is 0.966 bits per heavy atom. The second-order valence-corrected chi connectivity index (χ2v) is 7.03. The quantitative estimate of drug-likeness (QED) is 0.615. The molecule has 5 nitrogen and oxygen atoms in total. The average Bonchev–Trinajstić information content (AvgIpc) is 2.71. The number of aryl methyl sites for hydroxylation is 2. The lowest BCUT2D eigenvalue weighted by Crippen LogP contribution is -2.18. The molecule has 0 aliphatic rings. The highest BCUT2D eigenvalue weighted by atomic mass is 16.5. The van der Waals surface area contributed by atoms with Gasteiger partial charge in [0.25, 0.3) is 5.91 Å². The highest BCUT2D eigenvalue weighted by Crippen LogP contribution is 2.26. The van der Waals surface area contributed by atoms with Crippen molar-refractivity contribution in [1.82, 2.24) is 4.98 Å². The summed E-state index contributed by atoms with van der Waals surface area (Å²) in [6.45, 7) is 7.11. The zero-order valence-corrected chi connectivity index (χ0v) is 17.3. The molecule has 5 heteroatoms. The topological polar surface area (TPSA) is 68.3 Å². The summed E-state index contributed by atoms with van der Waals surface area (Å²) in [6.07, 6.45) is 0. The zero-order valence-electron chi connectivity index (χ0n) is 17.3. The van der Waals surface area contributed by atoms with E-state index in [2.05, 4.69) is 10.3 Å². The van der Waals surface area contributed by atoms with E-state index in [1.807, 2.05) is 63.2 Å². The Balaban J connectivity index is 1.98. The number of ketones is 1. The second kappa shape index (κ2) is 8.27. The number of nitrogens with zero attached hydrogens (tertiary/aromatic N) is 1. The molecule has 1 aromatic heterocycles. The fraction of sp³-hybridized carbons (Fsp3) is 0.208. The molecular formula is C24H24N2O3. The second-order valence-electron chi connectivity index (χ2n) is 7.03. The number of hydrogen-bond donors (Lipinski definition) is 1. The number of benzene rings is 2. The Morgan fingerprint density at radius 2 is 1.69 bits per heavy atom. The Labute approximate surface area is 170 Å². The van der Waals surface area contributed by atoms with Gasteiger partial charge < -0.3 is 10.1 Å². The Hall–Kier alpha value is -3.47. The van der Waals surface area contributed by atoms with Crippen LogP contribution in [0.5, 0.6) is 5.75 Å². The van der Waals surface area contributed by atoms with Crippen LogP contribution in [0.15, 0.2) is 48.5 Å².